The average Bonchev–Trinajstić information content (AvgIpc) is 2.99. The van der Waals surface area contributed by atoms with Crippen molar-refractivity contribution in [3.05, 3.63) is 70.3 Å². The molecule has 0 fully saturated rings. The Morgan fingerprint density at radius 2 is 1.70 bits per heavy atom. The molecule has 0 aromatic heterocycles. The summed E-state index contributed by atoms with van der Waals surface area (Å²) in [4.78, 5) is 36.4. The van der Waals surface area contributed by atoms with Crippen LogP contribution in [0.1, 0.15) is 42.2 Å². The molecule has 1 heterocycles. The first-order chi connectivity index (χ1) is 11.1. The van der Waals surface area contributed by atoms with Crippen LogP contribution in [0.25, 0.3) is 0 Å². The van der Waals surface area contributed by atoms with E-state index in [9.17, 15) is 14.4 Å². The summed E-state index contributed by atoms with van der Waals surface area (Å²) in [5, 5.41) is 0. The fourth-order valence-corrected chi connectivity index (χ4v) is 3.73. The number of benzene rings is 2. The Hall–Kier alpha value is -2.27. The lowest BCUT2D eigenvalue weighted by Gasteiger charge is -2.08. The Bertz CT molecular complexity index is 874. The highest BCUT2D eigenvalue weighted by Crippen LogP contribution is 2.31. The normalized spacial score (nSPS) is 19.3. The second-order valence-corrected chi connectivity index (χ2v) is 6.61. The Kier molecular flexibility index (Phi) is 3.20. The third-order valence-electron chi connectivity index (χ3n) is 4.50. The second-order valence-electron chi connectivity index (χ2n) is 5.90. The molecule has 2 amide bonds. The van der Waals surface area contributed by atoms with Crippen LogP contribution in [0.5, 0.6) is 0 Å². The number of hydrogen-bond donors (Lipinski definition) is 0. The predicted molar refractivity (Wildman–Crippen MR) is 87.5 cm³/mol. The van der Waals surface area contributed by atoms with Gasteiger partial charge in [-0.05, 0) is 36.1 Å². The smallest absolute Gasteiger partial charge is 0.271 e. The van der Waals surface area contributed by atoms with Gasteiger partial charge in [-0.1, -0.05) is 30.3 Å². The molecule has 23 heavy (non-hydrogen) atoms. The molecule has 5 heteroatoms. The summed E-state index contributed by atoms with van der Waals surface area (Å²) in [6.45, 7) is 0. The van der Waals surface area contributed by atoms with Crippen LogP contribution >= 0.6 is 16.1 Å². The zero-order valence-corrected chi connectivity index (χ0v) is 13.7. The number of Topliss-reactive ketones (excluding diaryl/α,β-unsaturated/α-hetero) is 1. The maximum absolute atomic E-state index is 12.5. The van der Waals surface area contributed by atoms with Gasteiger partial charge in [0.25, 0.3) is 11.8 Å². The van der Waals surface area contributed by atoms with Crippen molar-refractivity contribution in [1.29, 1.82) is 0 Å². The first-order valence-electron chi connectivity index (χ1n) is 7.36. The lowest BCUT2D eigenvalue weighted by molar-refractivity contribution is 0.0784. The molecule has 1 atom stereocenters. The van der Waals surface area contributed by atoms with Gasteiger partial charge in [-0.3, -0.25) is 14.4 Å². The van der Waals surface area contributed by atoms with E-state index in [2.05, 4.69) is 16.1 Å². The Morgan fingerprint density at radius 1 is 0.957 bits per heavy atom. The van der Waals surface area contributed by atoms with Gasteiger partial charge in [0.1, 0.15) is 0 Å². The van der Waals surface area contributed by atoms with Crippen LogP contribution in [0.3, 0.4) is 0 Å². The number of carbonyl (C=O) groups excluding carboxylic acids is 3. The van der Waals surface area contributed by atoms with Crippen LogP contribution < -0.4 is 0 Å². The number of ketones is 1. The summed E-state index contributed by atoms with van der Waals surface area (Å²) >= 11 is 2.97. The van der Waals surface area contributed by atoms with E-state index in [0.29, 0.717) is 17.5 Å². The number of imide groups is 1. The zero-order valence-electron chi connectivity index (χ0n) is 12.1. The molecule has 0 radical (unpaired) electrons. The van der Waals surface area contributed by atoms with E-state index in [-0.39, 0.29) is 23.5 Å². The molecule has 0 N–H and O–H groups in total. The molecular weight excluding hydrogens is 358 g/mol. The largest absolute Gasteiger partial charge is 0.294 e. The molecule has 4 nitrogen and oxygen atoms in total. The predicted octanol–water partition coefficient (Wildman–Crippen LogP) is 3.19. The van der Waals surface area contributed by atoms with Crippen LogP contribution in [0.2, 0.25) is 0 Å². The molecule has 1 aliphatic heterocycles. The van der Waals surface area contributed by atoms with Crippen molar-refractivity contribution in [1.82, 2.24) is 3.93 Å². The molecule has 2 aromatic rings. The molecule has 0 bridgehead atoms. The quantitative estimate of drug-likeness (QED) is 0.603. The van der Waals surface area contributed by atoms with Gasteiger partial charge in [-0.25, -0.2) is 3.93 Å². The van der Waals surface area contributed by atoms with Crippen LogP contribution in [-0.2, 0) is 12.8 Å². The van der Waals surface area contributed by atoms with Gasteiger partial charge < -0.3 is 0 Å². The van der Waals surface area contributed by atoms with Gasteiger partial charge in [0.2, 0.25) is 0 Å². The third-order valence-corrected chi connectivity index (χ3v) is 5.15. The molecule has 1 unspecified atom stereocenters. The van der Waals surface area contributed by atoms with Gasteiger partial charge in [-0.15, -0.1) is 0 Å². The molecule has 2 aliphatic rings. The van der Waals surface area contributed by atoms with Gasteiger partial charge in [0.15, 0.2) is 5.78 Å². The van der Waals surface area contributed by atoms with Crippen molar-refractivity contribution in [2.45, 2.75) is 12.8 Å². The number of nitrogens with zero attached hydrogens (tertiary/aromatic N) is 1. The highest BCUT2D eigenvalue weighted by molar-refractivity contribution is 9.08. The van der Waals surface area contributed by atoms with E-state index in [1.807, 2.05) is 30.3 Å². The van der Waals surface area contributed by atoms with Crippen LogP contribution in [0, 0.1) is 5.92 Å². The summed E-state index contributed by atoms with van der Waals surface area (Å²) in [5.41, 5.74) is 3.58. The Balaban J connectivity index is 1.62. The van der Waals surface area contributed by atoms with Crippen LogP contribution in [0.4, 0.5) is 0 Å². The lowest BCUT2D eigenvalue weighted by Crippen LogP contribution is -2.17. The minimum Gasteiger partial charge on any atom is -0.294 e. The first kappa shape index (κ1) is 14.3. The van der Waals surface area contributed by atoms with E-state index in [1.54, 1.807) is 12.1 Å². The van der Waals surface area contributed by atoms with Crippen LogP contribution in [0.15, 0.2) is 42.5 Å². The molecule has 0 spiro atoms. The summed E-state index contributed by atoms with van der Waals surface area (Å²) < 4.78 is 0.942. The SMILES string of the molecule is O=C1c2ccccc2CC1Cc1ccc2c(c1)C(=O)N(Br)C2=O. The molecule has 4 rings (SSSR count). The summed E-state index contributed by atoms with van der Waals surface area (Å²) in [5.74, 6) is -0.642. The van der Waals surface area contributed by atoms with Crippen molar-refractivity contribution in [2.24, 2.45) is 5.92 Å². The number of fused-ring (bicyclic) bond motifs is 2. The fraction of sp³-hybridized carbons (Fsp3) is 0.167. The number of carbonyl (C=O) groups is 3. The molecule has 114 valence electrons. The minimum atomic E-state index is -0.354. The van der Waals surface area contributed by atoms with Gasteiger partial charge >= 0.3 is 0 Å². The van der Waals surface area contributed by atoms with Crippen molar-refractivity contribution in [2.75, 3.05) is 0 Å². The molecule has 2 aromatic carbocycles. The Morgan fingerprint density at radius 3 is 2.48 bits per heavy atom. The average molecular weight is 370 g/mol. The first-order valence-corrected chi connectivity index (χ1v) is 8.07. The maximum atomic E-state index is 12.5. The zero-order chi connectivity index (χ0) is 16.1. The molecular formula is C18H12BrNO3. The number of hydrogen-bond acceptors (Lipinski definition) is 3. The maximum Gasteiger partial charge on any atom is 0.271 e. The van der Waals surface area contributed by atoms with E-state index >= 15 is 0 Å². The topological polar surface area (TPSA) is 54.5 Å². The highest BCUT2D eigenvalue weighted by atomic mass is 79.9. The fourth-order valence-electron chi connectivity index (χ4n) is 3.35. The summed E-state index contributed by atoms with van der Waals surface area (Å²) in [7, 11) is 0. The lowest BCUT2D eigenvalue weighted by atomic mass is 9.94. The van der Waals surface area contributed by atoms with E-state index in [4.69, 9.17) is 0 Å². The standard InChI is InChI=1S/C18H12BrNO3/c19-20-17(22)14-6-5-10(8-15(14)18(20)23)7-12-9-11-3-1-2-4-13(11)16(12)21/h1-6,8,12H,7,9H2. The van der Waals surface area contributed by atoms with Crippen molar-refractivity contribution in [3.63, 3.8) is 0 Å². The van der Waals surface area contributed by atoms with E-state index in [1.165, 1.54) is 0 Å². The van der Waals surface area contributed by atoms with Gasteiger partial charge in [0, 0.05) is 11.5 Å². The van der Waals surface area contributed by atoms with Crippen molar-refractivity contribution in [3.8, 4) is 0 Å². The van der Waals surface area contributed by atoms with E-state index < -0.39 is 0 Å². The third kappa shape index (κ3) is 2.15. The van der Waals surface area contributed by atoms with Gasteiger partial charge in [-0.2, -0.15) is 0 Å². The summed E-state index contributed by atoms with van der Waals surface area (Å²) in [6, 6.07) is 12.9. The van der Waals surface area contributed by atoms with E-state index in [0.717, 1.165) is 27.0 Å². The number of rotatable bonds is 2. The molecule has 1 aliphatic carbocycles. The molecule has 0 saturated carbocycles. The van der Waals surface area contributed by atoms with Crippen molar-refractivity contribution < 1.29 is 14.4 Å². The van der Waals surface area contributed by atoms with Crippen LogP contribution in [-0.4, -0.2) is 21.5 Å². The number of halogens is 1. The highest BCUT2D eigenvalue weighted by Gasteiger charge is 2.35. The van der Waals surface area contributed by atoms with Crippen molar-refractivity contribution >= 4 is 33.7 Å². The minimum absolute atomic E-state index is 0.0993. The Labute approximate surface area is 141 Å². The second kappa shape index (κ2) is 5.13. The monoisotopic (exact) mass is 369 g/mol. The molecule has 0 saturated heterocycles. The van der Waals surface area contributed by atoms with Gasteiger partial charge in [0.05, 0.1) is 27.3 Å². The number of amides is 2. The summed E-state index contributed by atoms with van der Waals surface area (Å²) in [6.07, 6.45) is 1.30.